The second kappa shape index (κ2) is 4.97. The molecule has 0 spiro atoms. The highest BCUT2D eigenvalue weighted by Gasteiger charge is 1.86. The van der Waals surface area contributed by atoms with Gasteiger partial charge in [0.1, 0.15) is 0 Å². The lowest BCUT2D eigenvalue weighted by molar-refractivity contribution is 0.699. The molecule has 0 bridgehead atoms. The van der Waals surface area contributed by atoms with E-state index in [1.807, 2.05) is 11.7 Å². The summed E-state index contributed by atoms with van der Waals surface area (Å²) in [6, 6.07) is 0. The molecule has 0 heterocycles. The largest absolute Gasteiger partial charge is 0.0821 e. The van der Waals surface area contributed by atoms with Crippen LogP contribution in [0.4, 0.5) is 0 Å². The van der Waals surface area contributed by atoms with Crippen molar-refractivity contribution in [3.8, 4) is 0 Å². The SMILES string of the molecule is CCC(C)/C=C/C=[Si]. The van der Waals surface area contributed by atoms with Crippen LogP contribution < -0.4 is 0 Å². The molecule has 1 atom stereocenters. The van der Waals surface area contributed by atoms with Gasteiger partial charge in [-0.05, 0) is 5.92 Å². The minimum absolute atomic E-state index is 0.711. The van der Waals surface area contributed by atoms with Crippen LogP contribution in [-0.4, -0.2) is 15.5 Å². The van der Waals surface area contributed by atoms with Gasteiger partial charge in [-0.25, -0.2) is 0 Å². The molecular weight excluding hydrogens is 112 g/mol. The molecule has 2 radical (unpaired) electrons. The van der Waals surface area contributed by atoms with E-state index < -0.39 is 0 Å². The van der Waals surface area contributed by atoms with Gasteiger partial charge in [0.2, 0.25) is 0 Å². The fourth-order valence-corrected chi connectivity index (χ4v) is 0.492. The quantitative estimate of drug-likeness (QED) is 0.501. The van der Waals surface area contributed by atoms with Crippen LogP contribution in [0.5, 0.6) is 0 Å². The first-order chi connectivity index (χ1) is 3.81. The van der Waals surface area contributed by atoms with Crippen molar-refractivity contribution in [1.82, 2.24) is 0 Å². The van der Waals surface area contributed by atoms with Gasteiger partial charge in [0.05, 0.1) is 0 Å². The van der Waals surface area contributed by atoms with Crippen molar-refractivity contribution in [2.75, 3.05) is 0 Å². The van der Waals surface area contributed by atoms with Gasteiger partial charge in [-0.1, -0.05) is 38.1 Å². The second-order valence-corrected chi connectivity index (χ2v) is 2.27. The highest BCUT2D eigenvalue weighted by atomic mass is 28.1. The summed E-state index contributed by atoms with van der Waals surface area (Å²) < 4.78 is 0. The Morgan fingerprint density at radius 2 is 2.25 bits per heavy atom. The summed E-state index contributed by atoms with van der Waals surface area (Å²) in [5, 5.41) is 0. The average Bonchev–Trinajstić information content (AvgIpc) is 1.83. The van der Waals surface area contributed by atoms with Crippen molar-refractivity contribution >= 4 is 15.5 Å². The van der Waals surface area contributed by atoms with E-state index in [0.29, 0.717) is 5.92 Å². The zero-order chi connectivity index (χ0) is 6.41. The van der Waals surface area contributed by atoms with Crippen molar-refractivity contribution in [2.24, 2.45) is 5.92 Å². The molecule has 1 heteroatoms. The third-order valence-electron chi connectivity index (χ3n) is 1.18. The van der Waals surface area contributed by atoms with E-state index >= 15 is 0 Å². The minimum Gasteiger partial charge on any atom is -0.0821 e. The van der Waals surface area contributed by atoms with E-state index in [4.69, 9.17) is 0 Å². The fourth-order valence-electron chi connectivity index (χ4n) is 0.381. The van der Waals surface area contributed by atoms with Crippen LogP contribution in [0.15, 0.2) is 12.2 Å². The summed E-state index contributed by atoms with van der Waals surface area (Å²) in [4.78, 5) is 0. The molecule has 0 aliphatic carbocycles. The summed E-state index contributed by atoms with van der Waals surface area (Å²) in [6.45, 7) is 4.38. The lowest BCUT2D eigenvalue weighted by Crippen LogP contribution is -1.83. The first kappa shape index (κ1) is 7.83. The second-order valence-electron chi connectivity index (χ2n) is 1.94. The molecule has 0 aliphatic heterocycles. The molecule has 0 aliphatic rings. The molecule has 0 fully saturated rings. The zero-order valence-electron chi connectivity index (χ0n) is 5.52. The van der Waals surface area contributed by atoms with Crippen molar-refractivity contribution < 1.29 is 0 Å². The Labute approximate surface area is 54.7 Å². The van der Waals surface area contributed by atoms with Gasteiger partial charge in [0.15, 0.2) is 0 Å². The Bertz CT molecular complexity index is 84.4. The van der Waals surface area contributed by atoms with Crippen LogP contribution in [0.2, 0.25) is 0 Å². The number of hydrogen-bond acceptors (Lipinski definition) is 0. The maximum absolute atomic E-state index is 3.24. The third-order valence-corrected chi connectivity index (χ3v) is 1.37. The van der Waals surface area contributed by atoms with E-state index in [1.165, 1.54) is 6.42 Å². The standard InChI is InChI=1S/C7H12Si/c1-3-7(2)5-4-6-8/h4-7H,3H2,1-2H3/b5-4+. The van der Waals surface area contributed by atoms with E-state index in [2.05, 4.69) is 29.8 Å². The van der Waals surface area contributed by atoms with Gasteiger partial charge >= 0.3 is 0 Å². The molecule has 0 aromatic rings. The highest BCUT2D eigenvalue weighted by Crippen LogP contribution is 1.99. The van der Waals surface area contributed by atoms with Crippen LogP contribution in [0.3, 0.4) is 0 Å². The molecule has 0 amide bonds. The molecule has 0 rings (SSSR count). The molecule has 0 N–H and O–H groups in total. The highest BCUT2D eigenvalue weighted by molar-refractivity contribution is 6.30. The van der Waals surface area contributed by atoms with Crippen molar-refractivity contribution in [1.29, 1.82) is 0 Å². The molecule has 1 unspecified atom stereocenters. The molecule has 0 aromatic heterocycles. The summed E-state index contributed by atoms with van der Waals surface area (Å²) in [7, 11) is 3.24. The summed E-state index contributed by atoms with van der Waals surface area (Å²) in [6.07, 6.45) is 5.41. The van der Waals surface area contributed by atoms with E-state index in [-0.39, 0.29) is 0 Å². The zero-order valence-corrected chi connectivity index (χ0v) is 6.52. The maximum Gasteiger partial charge on any atom is 0.0296 e. The maximum atomic E-state index is 3.24. The Kier molecular flexibility index (Phi) is 4.87. The first-order valence-corrected chi connectivity index (χ1v) is 3.56. The lowest BCUT2D eigenvalue weighted by Gasteiger charge is -1.95. The van der Waals surface area contributed by atoms with Gasteiger partial charge in [0.25, 0.3) is 0 Å². The molecule has 8 heavy (non-hydrogen) atoms. The van der Waals surface area contributed by atoms with Gasteiger partial charge in [-0.2, -0.15) is 0 Å². The lowest BCUT2D eigenvalue weighted by atomic mass is 10.1. The first-order valence-electron chi connectivity index (χ1n) is 2.98. The predicted octanol–water partition coefficient (Wildman–Crippen LogP) is 1.56. The van der Waals surface area contributed by atoms with Crippen LogP contribution >= 0.6 is 0 Å². The number of rotatable bonds is 3. The Balaban J connectivity index is 3.35. The topological polar surface area (TPSA) is 0 Å². The fraction of sp³-hybridized carbons (Fsp3) is 0.571. The van der Waals surface area contributed by atoms with Gasteiger partial charge in [0, 0.05) is 9.85 Å². The Morgan fingerprint density at radius 1 is 1.62 bits per heavy atom. The molecule has 44 valence electrons. The van der Waals surface area contributed by atoms with Crippen molar-refractivity contribution in [3.63, 3.8) is 0 Å². The van der Waals surface area contributed by atoms with E-state index in [9.17, 15) is 0 Å². The van der Waals surface area contributed by atoms with Crippen LogP contribution in [0.1, 0.15) is 20.3 Å². The van der Waals surface area contributed by atoms with Crippen LogP contribution in [0, 0.1) is 5.92 Å². The Hall–Kier alpha value is -0.173. The molecule has 0 aromatic carbocycles. The van der Waals surface area contributed by atoms with E-state index in [1.54, 1.807) is 0 Å². The van der Waals surface area contributed by atoms with Crippen molar-refractivity contribution in [3.05, 3.63) is 12.2 Å². The molecule has 0 saturated heterocycles. The van der Waals surface area contributed by atoms with Gasteiger partial charge < -0.3 is 0 Å². The molecule has 0 nitrogen and oxygen atoms in total. The Morgan fingerprint density at radius 3 is 2.62 bits per heavy atom. The van der Waals surface area contributed by atoms with Crippen LogP contribution in [0.25, 0.3) is 0 Å². The van der Waals surface area contributed by atoms with Gasteiger partial charge in [-0.15, -0.1) is 0 Å². The monoisotopic (exact) mass is 124 g/mol. The van der Waals surface area contributed by atoms with Gasteiger partial charge in [-0.3, -0.25) is 0 Å². The summed E-state index contributed by atoms with van der Waals surface area (Å²) >= 11 is 0. The number of allylic oxidation sites excluding steroid dienone is 2. The van der Waals surface area contributed by atoms with E-state index in [0.717, 1.165) is 0 Å². The normalized spacial score (nSPS) is 14.2. The summed E-state index contributed by atoms with van der Waals surface area (Å²) in [5.41, 5.74) is 1.87. The molecular formula is C7H12Si. The predicted molar refractivity (Wildman–Crippen MR) is 40.4 cm³/mol. The summed E-state index contributed by atoms with van der Waals surface area (Å²) in [5.74, 6) is 0.711. The third kappa shape index (κ3) is 4.00. The van der Waals surface area contributed by atoms with Crippen LogP contribution in [-0.2, 0) is 0 Å². The smallest absolute Gasteiger partial charge is 0.0296 e. The average molecular weight is 124 g/mol. The van der Waals surface area contributed by atoms with Crippen molar-refractivity contribution in [2.45, 2.75) is 20.3 Å². The number of hydrogen-bond donors (Lipinski definition) is 0. The molecule has 0 saturated carbocycles. The minimum atomic E-state index is 0.711.